The Bertz CT molecular complexity index is 637. The number of thiophene rings is 1. The molecule has 1 aromatic heterocycles. The van der Waals surface area contributed by atoms with Gasteiger partial charge in [-0.1, -0.05) is 0 Å². The van der Waals surface area contributed by atoms with Gasteiger partial charge in [-0.3, -0.25) is 0 Å². The van der Waals surface area contributed by atoms with Crippen LogP contribution in [0.1, 0.15) is 4.88 Å². The SMILES string of the molecule is O=S(=O)(NCc1cc(Br)cs1)c1ccc(F)cc1. The molecule has 0 aliphatic heterocycles. The highest BCUT2D eigenvalue weighted by molar-refractivity contribution is 9.10. The minimum atomic E-state index is -3.59. The van der Waals surface area contributed by atoms with Gasteiger partial charge in [-0.15, -0.1) is 11.3 Å². The van der Waals surface area contributed by atoms with Gasteiger partial charge < -0.3 is 0 Å². The van der Waals surface area contributed by atoms with Crippen molar-refractivity contribution in [2.75, 3.05) is 0 Å². The largest absolute Gasteiger partial charge is 0.240 e. The van der Waals surface area contributed by atoms with E-state index in [4.69, 9.17) is 0 Å². The molecule has 0 aliphatic carbocycles. The lowest BCUT2D eigenvalue weighted by Gasteiger charge is -2.05. The summed E-state index contributed by atoms with van der Waals surface area (Å²) in [5, 5.41) is 1.88. The van der Waals surface area contributed by atoms with Gasteiger partial charge in [0.05, 0.1) is 4.90 Å². The number of hydrogen-bond acceptors (Lipinski definition) is 3. The normalized spacial score (nSPS) is 11.7. The molecule has 0 aliphatic rings. The first-order valence-corrected chi connectivity index (χ1v) is 8.11. The maximum atomic E-state index is 12.7. The van der Waals surface area contributed by atoms with Crippen molar-refractivity contribution in [1.29, 1.82) is 0 Å². The predicted molar refractivity (Wildman–Crippen MR) is 72.4 cm³/mol. The molecule has 3 nitrogen and oxygen atoms in total. The lowest BCUT2D eigenvalue weighted by Crippen LogP contribution is -2.22. The van der Waals surface area contributed by atoms with E-state index in [1.807, 2.05) is 11.4 Å². The lowest BCUT2D eigenvalue weighted by atomic mass is 10.4. The topological polar surface area (TPSA) is 46.2 Å². The van der Waals surface area contributed by atoms with Crippen LogP contribution in [-0.2, 0) is 16.6 Å². The Morgan fingerprint density at radius 2 is 1.94 bits per heavy atom. The molecule has 7 heteroatoms. The molecule has 0 spiro atoms. The van der Waals surface area contributed by atoms with Crippen LogP contribution in [0.4, 0.5) is 4.39 Å². The Balaban J connectivity index is 2.10. The minimum Gasteiger partial charge on any atom is -0.207 e. The van der Waals surface area contributed by atoms with E-state index in [0.717, 1.165) is 21.5 Å². The number of hydrogen-bond donors (Lipinski definition) is 1. The van der Waals surface area contributed by atoms with Crippen LogP contribution in [-0.4, -0.2) is 8.42 Å². The second kappa shape index (κ2) is 5.48. The van der Waals surface area contributed by atoms with E-state index in [-0.39, 0.29) is 11.4 Å². The number of rotatable bonds is 4. The third-order valence-corrected chi connectivity index (χ3v) is 5.30. The summed E-state index contributed by atoms with van der Waals surface area (Å²) in [5.41, 5.74) is 0. The fourth-order valence-electron chi connectivity index (χ4n) is 1.31. The Kier molecular flexibility index (Phi) is 4.16. The van der Waals surface area contributed by atoms with Crippen molar-refractivity contribution in [1.82, 2.24) is 4.72 Å². The zero-order chi connectivity index (χ0) is 13.2. The molecule has 0 saturated heterocycles. The summed E-state index contributed by atoms with van der Waals surface area (Å²) in [6.45, 7) is 0.218. The smallest absolute Gasteiger partial charge is 0.207 e. The minimum absolute atomic E-state index is 0.0551. The summed E-state index contributed by atoms with van der Waals surface area (Å²) in [6, 6.07) is 6.56. The molecular weight excluding hydrogens is 341 g/mol. The molecule has 0 atom stereocenters. The maximum absolute atomic E-state index is 12.7. The number of nitrogens with one attached hydrogen (secondary N) is 1. The van der Waals surface area contributed by atoms with Gasteiger partial charge in [-0.25, -0.2) is 17.5 Å². The molecule has 0 unspecified atom stereocenters. The van der Waals surface area contributed by atoms with Crippen LogP contribution < -0.4 is 4.72 Å². The number of halogens is 2. The van der Waals surface area contributed by atoms with Crippen LogP contribution in [0.3, 0.4) is 0 Å². The molecule has 1 N–H and O–H groups in total. The summed E-state index contributed by atoms with van der Waals surface area (Å²) in [5.74, 6) is -0.462. The third-order valence-electron chi connectivity index (χ3n) is 2.18. The van der Waals surface area contributed by atoms with Gasteiger partial charge in [0, 0.05) is 21.3 Å². The molecule has 2 rings (SSSR count). The van der Waals surface area contributed by atoms with E-state index in [0.29, 0.717) is 0 Å². The first-order valence-electron chi connectivity index (χ1n) is 4.95. The molecule has 1 aromatic carbocycles. The molecule has 0 radical (unpaired) electrons. The van der Waals surface area contributed by atoms with Crippen LogP contribution in [0.5, 0.6) is 0 Å². The molecule has 1 heterocycles. The van der Waals surface area contributed by atoms with Crippen molar-refractivity contribution in [3.8, 4) is 0 Å². The van der Waals surface area contributed by atoms with Crippen molar-refractivity contribution in [2.24, 2.45) is 0 Å². The van der Waals surface area contributed by atoms with E-state index in [9.17, 15) is 12.8 Å². The van der Waals surface area contributed by atoms with Crippen LogP contribution >= 0.6 is 27.3 Å². The summed E-state index contributed by atoms with van der Waals surface area (Å²) >= 11 is 4.75. The van der Waals surface area contributed by atoms with Crippen molar-refractivity contribution < 1.29 is 12.8 Å². The average molecular weight is 350 g/mol. The van der Waals surface area contributed by atoms with E-state index in [1.165, 1.54) is 23.5 Å². The van der Waals surface area contributed by atoms with Crippen molar-refractivity contribution >= 4 is 37.3 Å². The zero-order valence-corrected chi connectivity index (χ0v) is 12.3. The monoisotopic (exact) mass is 349 g/mol. The van der Waals surface area contributed by atoms with Crippen LogP contribution in [0.25, 0.3) is 0 Å². The van der Waals surface area contributed by atoms with Gasteiger partial charge in [-0.2, -0.15) is 0 Å². The Morgan fingerprint density at radius 3 is 2.50 bits per heavy atom. The quantitative estimate of drug-likeness (QED) is 0.921. The molecule has 0 bridgehead atoms. The number of sulfonamides is 1. The van der Waals surface area contributed by atoms with Crippen LogP contribution in [0.2, 0.25) is 0 Å². The van der Waals surface area contributed by atoms with Crippen molar-refractivity contribution in [3.05, 3.63) is 50.9 Å². The van der Waals surface area contributed by atoms with E-state index in [2.05, 4.69) is 20.7 Å². The first kappa shape index (κ1) is 13.7. The molecular formula is C11H9BrFNO2S2. The summed E-state index contributed by atoms with van der Waals surface area (Å²) in [4.78, 5) is 0.951. The Hall–Kier alpha value is -0.760. The third kappa shape index (κ3) is 3.38. The predicted octanol–water partition coefficient (Wildman–Crippen LogP) is 3.13. The average Bonchev–Trinajstić information content (AvgIpc) is 2.73. The van der Waals surface area contributed by atoms with Gasteiger partial charge in [0.15, 0.2) is 0 Å². The number of benzene rings is 1. The summed E-state index contributed by atoms with van der Waals surface area (Å²) in [7, 11) is -3.59. The highest BCUT2D eigenvalue weighted by Gasteiger charge is 2.13. The Morgan fingerprint density at radius 1 is 1.28 bits per heavy atom. The molecule has 0 saturated carbocycles. The fraction of sp³-hybridized carbons (Fsp3) is 0.0909. The van der Waals surface area contributed by atoms with Crippen LogP contribution in [0.15, 0.2) is 45.1 Å². The molecule has 0 amide bonds. The fourth-order valence-corrected chi connectivity index (χ4v) is 3.80. The maximum Gasteiger partial charge on any atom is 0.240 e. The highest BCUT2D eigenvalue weighted by atomic mass is 79.9. The van der Waals surface area contributed by atoms with Crippen molar-refractivity contribution in [3.63, 3.8) is 0 Å². The molecule has 18 heavy (non-hydrogen) atoms. The summed E-state index contributed by atoms with van der Waals surface area (Å²) < 4.78 is 39.9. The molecule has 2 aromatic rings. The molecule has 96 valence electrons. The van der Waals surface area contributed by atoms with Gasteiger partial charge in [0.2, 0.25) is 10.0 Å². The Labute approximate surface area is 117 Å². The second-order valence-electron chi connectivity index (χ2n) is 3.51. The van der Waals surface area contributed by atoms with Crippen molar-refractivity contribution in [2.45, 2.75) is 11.4 Å². The summed E-state index contributed by atoms with van der Waals surface area (Å²) in [6.07, 6.45) is 0. The van der Waals surface area contributed by atoms with Crippen LogP contribution in [0, 0.1) is 5.82 Å². The lowest BCUT2D eigenvalue weighted by molar-refractivity contribution is 0.581. The van der Waals surface area contributed by atoms with Gasteiger partial charge in [-0.05, 0) is 46.3 Å². The van der Waals surface area contributed by atoms with Gasteiger partial charge in [0.1, 0.15) is 5.82 Å². The highest BCUT2D eigenvalue weighted by Crippen LogP contribution is 2.20. The van der Waals surface area contributed by atoms with E-state index < -0.39 is 15.8 Å². The first-order chi connectivity index (χ1) is 8.47. The zero-order valence-electron chi connectivity index (χ0n) is 9.06. The van der Waals surface area contributed by atoms with E-state index >= 15 is 0 Å². The molecule has 0 fully saturated rings. The van der Waals surface area contributed by atoms with Gasteiger partial charge in [0.25, 0.3) is 0 Å². The standard InChI is InChI=1S/C11H9BrFNO2S2/c12-8-5-10(17-7-8)6-14-18(15,16)11-3-1-9(13)2-4-11/h1-5,7,14H,6H2. The second-order valence-corrected chi connectivity index (χ2v) is 7.19. The van der Waals surface area contributed by atoms with Gasteiger partial charge >= 0.3 is 0 Å². The van der Waals surface area contributed by atoms with E-state index in [1.54, 1.807) is 0 Å².